The van der Waals surface area contributed by atoms with Crippen molar-refractivity contribution < 1.29 is 24.9 Å². The van der Waals surface area contributed by atoms with Crippen LogP contribution in [0.4, 0.5) is 9.59 Å². The van der Waals surface area contributed by atoms with Crippen LogP contribution < -0.4 is 10.6 Å². The molecule has 86 valence electrons. The monoisotopic (exact) mass is 218 g/mol. The van der Waals surface area contributed by atoms with Gasteiger partial charge in [0, 0.05) is 0 Å². The van der Waals surface area contributed by atoms with Gasteiger partial charge in [-0.2, -0.15) is 0 Å². The van der Waals surface area contributed by atoms with Crippen LogP contribution in [0.15, 0.2) is 0 Å². The van der Waals surface area contributed by atoms with Crippen molar-refractivity contribution in [1.29, 1.82) is 0 Å². The summed E-state index contributed by atoms with van der Waals surface area (Å²) in [5.41, 5.74) is 0. The minimum absolute atomic E-state index is 0.519. The number of carbonyl (C=O) groups is 2. The lowest BCUT2D eigenvalue weighted by Gasteiger charge is -2.34. The third-order valence-electron chi connectivity index (χ3n) is 2.47. The third-order valence-corrected chi connectivity index (χ3v) is 2.47. The number of rotatable bonds is 2. The van der Waals surface area contributed by atoms with Gasteiger partial charge in [0.05, 0.1) is 18.2 Å². The standard InChI is InChI=1S/C8H14N2O5/c11-6-4(9-7(12)13)2-1-3-5(6)10-8(14)15/h4-6,9-11H,1-3H2,(H,12,13)(H,14,15). The number of aliphatic hydroxyl groups is 1. The molecule has 2 atom stereocenters. The summed E-state index contributed by atoms with van der Waals surface area (Å²) in [6.07, 6.45) is -1.72. The van der Waals surface area contributed by atoms with Gasteiger partial charge in [-0.15, -0.1) is 0 Å². The molecule has 1 saturated carbocycles. The largest absolute Gasteiger partial charge is 0.465 e. The molecule has 0 spiro atoms. The Balaban J connectivity index is 2.54. The molecule has 1 aliphatic rings. The van der Waals surface area contributed by atoms with E-state index in [1.807, 2.05) is 0 Å². The van der Waals surface area contributed by atoms with E-state index >= 15 is 0 Å². The molecule has 0 heterocycles. The fourth-order valence-corrected chi connectivity index (χ4v) is 1.81. The first kappa shape index (κ1) is 11.6. The number of amides is 2. The highest BCUT2D eigenvalue weighted by Gasteiger charge is 2.33. The Morgan fingerprint density at radius 1 is 1.00 bits per heavy atom. The maximum absolute atomic E-state index is 10.4. The summed E-state index contributed by atoms with van der Waals surface area (Å²) < 4.78 is 0. The number of nitrogens with one attached hydrogen (secondary N) is 2. The fourth-order valence-electron chi connectivity index (χ4n) is 1.81. The molecule has 5 N–H and O–H groups in total. The molecule has 7 nitrogen and oxygen atoms in total. The zero-order valence-corrected chi connectivity index (χ0v) is 8.01. The average Bonchev–Trinajstić information content (AvgIpc) is 2.10. The SMILES string of the molecule is O=C(O)NC1CCCC(NC(=O)O)C1O. The van der Waals surface area contributed by atoms with Gasteiger partial charge in [0.15, 0.2) is 0 Å². The molecule has 0 aromatic rings. The summed E-state index contributed by atoms with van der Waals surface area (Å²) in [5, 5.41) is 31.0. The van der Waals surface area contributed by atoms with E-state index in [0.29, 0.717) is 19.3 Å². The van der Waals surface area contributed by atoms with Gasteiger partial charge < -0.3 is 26.0 Å². The second-order valence-electron chi connectivity index (χ2n) is 3.53. The molecule has 0 saturated heterocycles. The number of carboxylic acid groups (broad SMARTS) is 2. The molecule has 2 amide bonds. The third kappa shape index (κ3) is 3.28. The van der Waals surface area contributed by atoms with Crippen molar-refractivity contribution in [3.8, 4) is 0 Å². The van der Waals surface area contributed by atoms with Crippen molar-refractivity contribution >= 4 is 12.2 Å². The molecule has 0 bridgehead atoms. The Morgan fingerprint density at radius 2 is 1.40 bits per heavy atom. The van der Waals surface area contributed by atoms with Crippen LogP contribution >= 0.6 is 0 Å². The van der Waals surface area contributed by atoms with Crippen molar-refractivity contribution in [2.24, 2.45) is 0 Å². The second-order valence-corrected chi connectivity index (χ2v) is 3.53. The maximum Gasteiger partial charge on any atom is 0.404 e. The molecular formula is C8H14N2O5. The highest BCUT2D eigenvalue weighted by molar-refractivity contribution is 5.66. The van der Waals surface area contributed by atoms with Gasteiger partial charge in [-0.25, -0.2) is 9.59 Å². The van der Waals surface area contributed by atoms with Gasteiger partial charge in [-0.3, -0.25) is 0 Å². The molecule has 1 rings (SSSR count). The molecule has 0 aromatic carbocycles. The Bertz CT molecular complexity index is 233. The predicted octanol–water partition coefficient (Wildman–Crippen LogP) is -0.196. The number of aliphatic hydroxyl groups excluding tert-OH is 1. The van der Waals surface area contributed by atoms with Crippen molar-refractivity contribution in [3.63, 3.8) is 0 Å². The Hall–Kier alpha value is -1.50. The molecule has 2 unspecified atom stereocenters. The Labute approximate surface area is 86.1 Å². The van der Waals surface area contributed by atoms with Crippen LogP contribution in [0.25, 0.3) is 0 Å². The van der Waals surface area contributed by atoms with Gasteiger partial charge >= 0.3 is 12.2 Å². The first-order valence-corrected chi connectivity index (χ1v) is 4.67. The van der Waals surface area contributed by atoms with E-state index in [9.17, 15) is 14.7 Å². The minimum Gasteiger partial charge on any atom is -0.465 e. The van der Waals surface area contributed by atoms with Crippen molar-refractivity contribution in [2.75, 3.05) is 0 Å². The van der Waals surface area contributed by atoms with Crippen molar-refractivity contribution in [2.45, 2.75) is 37.5 Å². The summed E-state index contributed by atoms with van der Waals surface area (Å²) in [6, 6.07) is -1.21. The average molecular weight is 218 g/mol. The van der Waals surface area contributed by atoms with E-state index < -0.39 is 30.4 Å². The Morgan fingerprint density at radius 3 is 1.73 bits per heavy atom. The summed E-state index contributed by atoms with van der Waals surface area (Å²) in [6.45, 7) is 0. The first-order valence-electron chi connectivity index (χ1n) is 4.67. The lowest BCUT2D eigenvalue weighted by atomic mass is 9.88. The first-order chi connectivity index (χ1) is 7.00. The molecule has 7 heteroatoms. The van der Waals surface area contributed by atoms with Crippen LogP contribution in [-0.2, 0) is 0 Å². The topological polar surface area (TPSA) is 119 Å². The zero-order chi connectivity index (χ0) is 11.4. The quantitative estimate of drug-likeness (QED) is 0.440. The molecule has 1 fully saturated rings. The summed E-state index contributed by atoms with van der Waals surface area (Å²) >= 11 is 0. The number of hydrogen-bond acceptors (Lipinski definition) is 3. The molecule has 15 heavy (non-hydrogen) atoms. The highest BCUT2D eigenvalue weighted by atomic mass is 16.4. The van der Waals surface area contributed by atoms with Crippen LogP contribution in [0.3, 0.4) is 0 Å². The smallest absolute Gasteiger partial charge is 0.404 e. The molecule has 0 aromatic heterocycles. The van der Waals surface area contributed by atoms with Crippen LogP contribution in [0.5, 0.6) is 0 Å². The van der Waals surface area contributed by atoms with Crippen LogP contribution in [0, 0.1) is 0 Å². The lowest BCUT2D eigenvalue weighted by Crippen LogP contribution is -2.56. The lowest BCUT2D eigenvalue weighted by molar-refractivity contribution is 0.0566. The van der Waals surface area contributed by atoms with E-state index in [1.54, 1.807) is 0 Å². The van der Waals surface area contributed by atoms with Crippen molar-refractivity contribution in [1.82, 2.24) is 10.6 Å². The van der Waals surface area contributed by atoms with Gasteiger partial charge in [0.1, 0.15) is 0 Å². The predicted molar refractivity (Wildman–Crippen MR) is 49.8 cm³/mol. The maximum atomic E-state index is 10.4. The van der Waals surface area contributed by atoms with Crippen LogP contribution in [-0.4, -0.2) is 45.7 Å². The summed E-state index contributed by atoms with van der Waals surface area (Å²) in [4.78, 5) is 20.8. The molecule has 0 aliphatic heterocycles. The summed E-state index contributed by atoms with van der Waals surface area (Å²) in [5.74, 6) is 0. The normalized spacial score (nSPS) is 30.6. The molecular weight excluding hydrogens is 204 g/mol. The van der Waals surface area contributed by atoms with Gasteiger partial charge in [0.25, 0.3) is 0 Å². The van der Waals surface area contributed by atoms with Crippen LogP contribution in [0.1, 0.15) is 19.3 Å². The van der Waals surface area contributed by atoms with E-state index in [1.165, 1.54) is 0 Å². The number of hydrogen-bond donors (Lipinski definition) is 5. The van der Waals surface area contributed by atoms with E-state index in [-0.39, 0.29) is 0 Å². The minimum atomic E-state index is -1.21. The van der Waals surface area contributed by atoms with Gasteiger partial charge in [-0.05, 0) is 19.3 Å². The van der Waals surface area contributed by atoms with Crippen molar-refractivity contribution in [3.05, 3.63) is 0 Å². The van der Waals surface area contributed by atoms with Gasteiger partial charge in [0.2, 0.25) is 0 Å². The molecule has 1 aliphatic carbocycles. The summed E-state index contributed by atoms with van der Waals surface area (Å²) in [7, 11) is 0. The fraction of sp³-hybridized carbons (Fsp3) is 0.750. The zero-order valence-electron chi connectivity index (χ0n) is 8.01. The Kier molecular flexibility index (Phi) is 3.73. The second kappa shape index (κ2) is 4.83. The van der Waals surface area contributed by atoms with E-state index in [0.717, 1.165) is 0 Å². The van der Waals surface area contributed by atoms with Crippen LogP contribution in [0.2, 0.25) is 0 Å². The highest BCUT2D eigenvalue weighted by Crippen LogP contribution is 2.19. The molecule has 0 radical (unpaired) electrons. The van der Waals surface area contributed by atoms with E-state index in [2.05, 4.69) is 10.6 Å². The van der Waals surface area contributed by atoms with Gasteiger partial charge in [-0.1, -0.05) is 0 Å². The van der Waals surface area contributed by atoms with E-state index in [4.69, 9.17) is 10.2 Å².